The first-order chi connectivity index (χ1) is 5.31. The lowest BCUT2D eigenvalue weighted by Gasteiger charge is -2.21. The van der Waals surface area contributed by atoms with E-state index in [1.165, 1.54) is 0 Å². The molecule has 0 aliphatic carbocycles. The van der Waals surface area contributed by atoms with E-state index >= 15 is 0 Å². The Kier molecular flexibility index (Phi) is 1.72. The zero-order chi connectivity index (χ0) is 7.84. The van der Waals surface area contributed by atoms with Crippen molar-refractivity contribution in [3.05, 3.63) is 0 Å². The van der Waals surface area contributed by atoms with Gasteiger partial charge in [0, 0.05) is 27.2 Å². The zero-order valence-corrected chi connectivity index (χ0v) is 7.14. The first-order valence-corrected chi connectivity index (χ1v) is 5.38. The third-order valence-corrected chi connectivity index (χ3v) is 4.92. The van der Waals surface area contributed by atoms with Gasteiger partial charge in [-0.3, -0.25) is 4.21 Å². The van der Waals surface area contributed by atoms with Crippen LogP contribution in [0.1, 0.15) is 25.7 Å². The molecule has 3 heteroatoms. The van der Waals surface area contributed by atoms with Crippen LogP contribution in [-0.4, -0.2) is 14.7 Å². The molecule has 2 aliphatic heterocycles. The normalized spacial score (nSPS) is 48.6. The Hall–Kier alpha value is -0.360. The SMILES string of the molecule is N#CC1CC2CCC(C1)S2=O. The van der Waals surface area contributed by atoms with Crippen molar-refractivity contribution in [3.63, 3.8) is 0 Å². The largest absolute Gasteiger partial charge is 0.259 e. The monoisotopic (exact) mass is 169 g/mol. The Labute approximate surface area is 69.0 Å². The molecule has 0 saturated carbocycles. The molecule has 0 spiro atoms. The lowest BCUT2D eigenvalue weighted by molar-refractivity contribution is 0.537. The summed E-state index contributed by atoms with van der Waals surface area (Å²) < 4.78 is 11.5. The molecule has 0 radical (unpaired) electrons. The second-order valence-electron chi connectivity index (χ2n) is 3.45. The number of nitrogens with zero attached hydrogens (tertiary/aromatic N) is 1. The van der Waals surface area contributed by atoms with Crippen molar-refractivity contribution < 1.29 is 4.21 Å². The van der Waals surface area contributed by atoms with Crippen LogP contribution < -0.4 is 0 Å². The molecule has 2 aliphatic rings. The van der Waals surface area contributed by atoms with E-state index in [2.05, 4.69) is 6.07 Å². The van der Waals surface area contributed by atoms with Gasteiger partial charge >= 0.3 is 0 Å². The molecular weight excluding hydrogens is 158 g/mol. The molecule has 2 unspecified atom stereocenters. The standard InChI is InChI=1S/C8H11NOS/c9-5-6-3-7-1-2-8(4-6)11(7)10/h6-8H,1-4H2. The van der Waals surface area contributed by atoms with Gasteiger partial charge < -0.3 is 0 Å². The first-order valence-electron chi connectivity index (χ1n) is 4.10. The van der Waals surface area contributed by atoms with Gasteiger partial charge in [0.05, 0.1) is 6.07 Å². The fourth-order valence-corrected chi connectivity index (χ4v) is 4.26. The van der Waals surface area contributed by atoms with E-state index in [0.717, 1.165) is 25.7 Å². The minimum absolute atomic E-state index is 0.199. The van der Waals surface area contributed by atoms with Gasteiger partial charge in [0.15, 0.2) is 0 Å². The summed E-state index contributed by atoms with van der Waals surface area (Å²) in [5.74, 6) is 0.199. The van der Waals surface area contributed by atoms with Crippen molar-refractivity contribution in [1.29, 1.82) is 5.26 Å². The highest BCUT2D eigenvalue weighted by atomic mass is 32.2. The van der Waals surface area contributed by atoms with Crippen molar-refractivity contribution in [1.82, 2.24) is 0 Å². The molecule has 2 rings (SSSR count). The van der Waals surface area contributed by atoms with Gasteiger partial charge in [-0.25, -0.2) is 0 Å². The third-order valence-electron chi connectivity index (χ3n) is 2.75. The van der Waals surface area contributed by atoms with E-state index < -0.39 is 10.8 Å². The van der Waals surface area contributed by atoms with Crippen molar-refractivity contribution in [2.75, 3.05) is 0 Å². The van der Waals surface area contributed by atoms with Gasteiger partial charge in [-0.2, -0.15) is 5.26 Å². The maximum atomic E-state index is 11.5. The average Bonchev–Trinajstić information content (AvgIpc) is 2.26. The zero-order valence-electron chi connectivity index (χ0n) is 6.32. The third kappa shape index (κ3) is 1.10. The van der Waals surface area contributed by atoms with Crippen LogP contribution >= 0.6 is 0 Å². The van der Waals surface area contributed by atoms with Crippen molar-refractivity contribution in [2.45, 2.75) is 36.2 Å². The lowest BCUT2D eigenvalue weighted by atomic mass is 10.0. The van der Waals surface area contributed by atoms with Crippen LogP contribution in [0, 0.1) is 17.2 Å². The minimum Gasteiger partial charge on any atom is -0.259 e. The number of hydrogen-bond donors (Lipinski definition) is 0. The topological polar surface area (TPSA) is 40.9 Å². The quantitative estimate of drug-likeness (QED) is 0.546. The summed E-state index contributed by atoms with van der Waals surface area (Å²) in [6.45, 7) is 0. The van der Waals surface area contributed by atoms with E-state index in [0.29, 0.717) is 10.5 Å². The molecule has 2 saturated heterocycles. The van der Waals surface area contributed by atoms with Crippen molar-refractivity contribution in [3.8, 4) is 6.07 Å². The molecule has 0 aromatic heterocycles. The Morgan fingerprint density at radius 2 is 1.82 bits per heavy atom. The summed E-state index contributed by atoms with van der Waals surface area (Å²) in [6.07, 6.45) is 3.96. The van der Waals surface area contributed by atoms with Crippen LogP contribution in [0.25, 0.3) is 0 Å². The highest BCUT2D eigenvalue weighted by molar-refractivity contribution is 7.86. The van der Waals surface area contributed by atoms with Crippen LogP contribution in [0.3, 0.4) is 0 Å². The number of fused-ring (bicyclic) bond motifs is 2. The molecule has 2 bridgehead atoms. The maximum absolute atomic E-state index is 11.5. The summed E-state index contributed by atoms with van der Waals surface area (Å²) in [5.41, 5.74) is 0. The van der Waals surface area contributed by atoms with Gasteiger partial charge in [0.1, 0.15) is 0 Å². The predicted molar refractivity (Wildman–Crippen MR) is 43.3 cm³/mol. The fraction of sp³-hybridized carbons (Fsp3) is 0.875. The number of rotatable bonds is 0. The van der Waals surface area contributed by atoms with Crippen molar-refractivity contribution >= 4 is 10.8 Å². The minimum atomic E-state index is -0.592. The Balaban J connectivity index is 2.15. The number of hydrogen-bond acceptors (Lipinski definition) is 2. The second kappa shape index (κ2) is 2.60. The van der Waals surface area contributed by atoms with Gasteiger partial charge in [0.25, 0.3) is 0 Å². The summed E-state index contributed by atoms with van der Waals surface area (Å²) in [5, 5.41) is 9.41. The Bertz CT molecular complexity index is 217. The summed E-state index contributed by atoms with van der Waals surface area (Å²) >= 11 is 0. The van der Waals surface area contributed by atoms with Crippen LogP contribution in [0.4, 0.5) is 0 Å². The second-order valence-corrected chi connectivity index (χ2v) is 5.44. The maximum Gasteiger partial charge on any atom is 0.0656 e. The van der Waals surface area contributed by atoms with Gasteiger partial charge in [-0.05, 0) is 25.7 Å². The molecule has 11 heavy (non-hydrogen) atoms. The van der Waals surface area contributed by atoms with Gasteiger partial charge in [-0.15, -0.1) is 0 Å². The molecule has 2 fully saturated rings. The van der Waals surface area contributed by atoms with Crippen LogP contribution in [-0.2, 0) is 10.8 Å². The molecule has 2 atom stereocenters. The summed E-state index contributed by atoms with van der Waals surface area (Å²) in [6, 6.07) is 2.29. The van der Waals surface area contributed by atoms with Crippen LogP contribution in [0.2, 0.25) is 0 Å². The van der Waals surface area contributed by atoms with E-state index in [1.807, 2.05) is 0 Å². The smallest absolute Gasteiger partial charge is 0.0656 e. The summed E-state index contributed by atoms with van der Waals surface area (Å²) in [4.78, 5) is 0. The highest BCUT2D eigenvalue weighted by Crippen LogP contribution is 2.38. The fourth-order valence-electron chi connectivity index (χ4n) is 2.14. The molecule has 60 valence electrons. The van der Waals surface area contributed by atoms with Crippen molar-refractivity contribution in [2.24, 2.45) is 5.92 Å². The highest BCUT2D eigenvalue weighted by Gasteiger charge is 2.40. The van der Waals surface area contributed by atoms with Crippen LogP contribution in [0.15, 0.2) is 0 Å². The summed E-state index contributed by atoms with van der Waals surface area (Å²) in [7, 11) is -0.592. The van der Waals surface area contributed by atoms with E-state index in [1.54, 1.807) is 0 Å². The average molecular weight is 169 g/mol. The molecular formula is C8H11NOS. The predicted octanol–water partition coefficient (Wildman–Crippen LogP) is 1.20. The Morgan fingerprint density at radius 1 is 1.27 bits per heavy atom. The van der Waals surface area contributed by atoms with E-state index in [4.69, 9.17) is 5.26 Å². The van der Waals surface area contributed by atoms with E-state index in [9.17, 15) is 4.21 Å². The van der Waals surface area contributed by atoms with Gasteiger partial charge in [0.2, 0.25) is 0 Å². The van der Waals surface area contributed by atoms with Gasteiger partial charge in [-0.1, -0.05) is 0 Å². The molecule has 0 amide bonds. The molecule has 2 nitrogen and oxygen atoms in total. The molecule has 0 aromatic rings. The van der Waals surface area contributed by atoms with Crippen LogP contribution in [0.5, 0.6) is 0 Å². The molecule has 0 aromatic carbocycles. The lowest BCUT2D eigenvalue weighted by Crippen LogP contribution is -2.27. The molecule has 0 N–H and O–H groups in total. The van der Waals surface area contributed by atoms with E-state index in [-0.39, 0.29) is 5.92 Å². The number of nitriles is 1. The molecule has 2 heterocycles. The Morgan fingerprint density at radius 3 is 2.27 bits per heavy atom. The first kappa shape index (κ1) is 7.30.